The van der Waals surface area contributed by atoms with Gasteiger partial charge in [-0.05, 0) is 13.3 Å². The summed E-state index contributed by atoms with van der Waals surface area (Å²) >= 11 is 0. The highest BCUT2D eigenvalue weighted by Gasteiger charge is 2.29. The van der Waals surface area contributed by atoms with E-state index in [2.05, 4.69) is 9.46 Å². The van der Waals surface area contributed by atoms with E-state index in [1.165, 1.54) is 6.92 Å². The molecular formula is C8H14N2O4S. The molecular weight excluding hydrogens is 220 g/mol. The molecule has 7 heteroatoms. The molecule has 1 unspecified atom stereocenters. The quantitative estimate of drug-likeness (QED) is 0.663. The number of methoxy groups -OCH3 is 1. The minimum atomic E-state index is -3.82. The molecule has 0 aromatic heterocycles. The minimum Gasteiger partial charge on any atom is -0.468 e. The Bertz CT molecular complexity index is 371. The standard InChI is InChI=1S/C8H14N2O4S/c1-4-8(2,6-9)10-15(12,13)5-7(11)14-3/h10H,4-5H2,1-3H3. The Labute approximate surface area is 89.3 Å². The molecule has 0 saturated heterocycles. The van der Waals surface area contributed by atoms with Crippen molar-refractivity contribution in [3.63, 3.8) is 0 Å². The van der Waals surface area contributed by atoms with Crippen LogP contribution in [0.2, 0.25) is 0 Å². The maximum absolute atomic E-state index is 11.4. The van der Waals surface area contributed by atoms with Gasteiger partial charge in [-0.1, -0.05) is 6.92 Å². The minimum absolute atomic E-state index is 0.309. The Morgan fingerprint density at radius 1 is 1.60 bits per heavy atom. The van der Waals surface area contributed by atoms with E-state index in [-0.39, 0.29) is 0 Å². The molecule has 0 saturated carbocycles. The molecule has 0 radical (unpaired) electrons. The van der Waals surface area contributed by atoms with E-state index in [1.54, 1.807) is 6.92 Å². The normalized spacial score (nSPS) is 15.1. The first kappa shape index (κ1) is 13.9. The number of ether oxygens (including phenoxy) is 1. The lowest BCUT2D eigenvalue weighted by Gasteiger charge is -2.20. The van der Waals surface area contributed by atoms with Gasteiger partial charge in [0, 0.05) is 0 Å². The van der Waals surface area contributed by atoms with E-state index in [0.717, 1.165) is 7.11 Å². The van der Waals surface area contributed by atoms with Crippen molar-refractivity contribution in [2.24, 2.45) is 0 Å². The molecule has 0 rings (SSSR count). The molecule has 1 N–H and O–H groups in total. The van der Waals surface area contributed by atoms with E-state index in [0.29, 0.717) is 6.42 Å². The van der Waals surface area contributed by atoms with Gasteiger partial charge >= 0.3 is 5.97 Å². The summed E-state index contributed by atoms with van der Waals surface area (Å²) in [5.74, 6) is -1.64. The molecule has 15 heavy (non-hydrogen) atoms. The Kier molecular flexibility index (Phi) is 4.71. The maximum Gasteiger partial charge on any atom is 0.322 e. The number of nitrogens with zero attached hydrogens (tertiary/aromatic N) is 1. The topological polar surface area (TPSA) is 96.3 Å². The van der Waals surface area contributed by atoms with E-state index < -0.39 is 27.3 Å². The first-order valence-electron chi connectivity index (χ1n) is 4.28. The van der Waals surface area contributed by atoms with E-state index in [4.69, 9.17) is 5.26 Å². The van der Waals surface area contributed by atoms with Crippen molar-refractivity contribution in [3.05, 3.63) is 0 Å². The SMILES string of the molecule is CCC(C)(C#N)NS(=O)(=O)CC(=O)OC. The molecule has 6 nitrogen and oxygen atoms in total. The van der Waals surface area contributed by atoms with Gasteiger partial charge < -0.3 is 4.74 Å². The van der Waals surface area contributed by atoms with Crippen LogP contribution in [-0.2, 0) is 19.6 Å². The summed E-state index contributed by atoms with van der Waals surface area (Å²) in [7, 11) is -2.72. The molecule has 1 atom stereocenters. The van der Waals surface area contributed by atoms with Crippen molar-refractivity contribution < 1.29 is 17.9 Å². The van der Waals surface area contributed by atoms with Crippen molar-refractivity contribution >= 4 is 16.0 Å². The van der Waals surface area contributed by atoms with Gasteiger partial charge in [-0.3, -0.25) is 4.79 Å². The van der Waals surface area contributed by atoms with Crippen LogP contribution in [0.3, 0.4) is 0 Å². The maximum atomic E-state index is 11.4. The number of nitriles is 1. The Balaban J connectivity index is 4.66. The second-order valence-electron chi connectivity index (χ2n) is 3.23. The van der Waals surface area contributed by atoms with Crippen LogP contribution in [0.5, 0.6) is 0 Å². The summed E-state index contributed by atoms with van der Waals surface area (Å²) in [6.07, 6.45) is 0.309. The van der Waals surface area contributed by atoms with Crippen molar-refractivity contribution in [2.45, 2.75) is 25.8 Å². The molecule has 0 aromatic rings. The van der Waals surface area contributed by atoms with Crippen LogP contribution in [0.25, 0.3) is 0 Å². The Hall–Kier alpha value is -1.13. The van der Waals surface area contributed by atoms with E-state index in [9.17, 15) is 13.2 Å². The van der Waals surface area contributed by atoms with Crippen molar-refractivity contribution in [2.75, 3.05) is 12.9 Å². The predicted molar refractivity (Wildman–Crippen MR) is 53.2 cm³/mol. The lowest BCUT2D eigenvalue weighted by atomic mass is 10.0. The van der Waals surface area contributed by atoms with Crippen molar-refractivity contribution in [1.29, 1.82) is 5.26 Å². The molecule has 0 aromatic carbocycles. The second kappa shape index (κ2) is 5.09. The van der Waals surface area contributed by atoms with Gasteiger partial charge in [0.2, 0.25) is 10.0 Å². The smallest absolute Gasteiger partial charge is 0.322 e. The molecule has 0 aliphatic carbocycles. The monoisotopic (exact) mass is 234 g/mol. The van der Waals surface area contributed by atoms with Crippen LogP contribution >= 0.6 is 0 Å². The number of carbonyl (C=O) groups is 1. The Morgan fingerprint density at radius 3 is 2.47 bits per heavy atom. The fourth-order valence-corrected chi connectivity index (χ4v) is 2.14. The highest BCUT2D eigenvalue weighted by atomic mass is 32.2. The number of hydrogen-bond donors (Lipinski definition) is 1. The van der Waals surface area contributed by atoms with Crippen LogP contribution < -0.4 is 4.72 Å². The van der Waals surface area contributed by atoms with Gasteiger partial charge in [-0.25, -0.2) is 8.42 Å². The molecule has 0 fully saturated rings. The summed E-state index contributed by atoms with van der Waals surface area (Å²) in [5, 5.41) is 8.75. The third-order valence-corrected chi connectivity index (χ3v) is 3.25. The number of carbonyl (C=O) groups excluding carboxylic acids is 1. The first-order chi connectivity index (χ1) is 6.78. The fraction of sp³-hybridized carbons (Fsp3) is 0.750. The van der Waals surface area contributed by atoms with Crippen LogP contribution in [-0.4, -0.2) is 32.8 Å². The molecule has 0 bridgehead atoms. The van der Waals surface area contributed by atoms with E-state index in [1.807, 2.05) is 6.07 Å². The zero-order valence-electron chi connectivity index (χ0n) is 8.90. The lowest BCUT2D eigenvalue weighted by molar-refractivity contribution is -0.137. The highest BCUT2D eigenvalue weighted by Crippen LogP contribution is 2.09. The number of rotatable bonds is 5. The summed E-state index contributed by atoms with van der Waals surface area (Å²) in [6, 6.07) is 1.83. The van der Waals surface area contributed by atoms with Gasteiger partial charge in [-0.15, -0.1) is 0 Å². The molecule has 0 amide bonds. The third-order valence-electron chi connectivity index (χ3n) is 1.87. The number of sulfonamides is 1. The Morgan fingerprint density at radius 2 is 2.13 bits per heavy atom. The molecule has 0 aliphatic heterocycles. The molecule has 0 spiro atoms. The van der Waals surface area contributed by atoms with Gasteiger partial charge in [0.15, 0.2) is 5.75 Å². The average Bonchev–Trinajstić information content (AvgIpc) is 2.16. The molecule has 0 heterocycles. The van der Waals surface area contributed by atoms with Crippen molar-refractivity contribution in [3.8, 4) is 6.07 Å². The summed E-state index contributed by atoms with van der Waals surface area (Å²) in [4.78, 5) is 10.8. The van der Waals surface area contributed by atoms with Gasteiger partial charge in [0.1, 0.15) is 5.54 Å². The summed E-state index contributed by atoms with van der Waals surface area (Å²) in [5.41, 5.74) is -1.19. The van der Waals surface area contributed by atoms with Crippen LogP contribution in [0.15, 0.2) is 0 Å². The summed E-state index contributed by atoms with van der Waals surface area (Å²) in [6.45, 7) is 3.12. The van der Waals surface area contributed by atoms with E-state index >= 15 is 0 Å². The summed E-state index contributed by atoms with van der Waals surface area (Å²) < 4.78 is 29.1. The van der Waals surface area contributed by atoms with Crippen LogP contribution in [0.4, 0.5) is 0 Å². The number of esters is 1. The van der Waals surface area contributed by atoms with Crippen molar-refractivity contribution in [1.82, 2.24) is 4.72 Å². The third kappa shape index (κ3) is 4.76. The van der Waals surface area contributed by atoms with Crippen LogP contribution in [0, 0.1) is 11.3 Å². The van der Waals surface area contributed by atoms with Gasteiger partial charge in [0.05, 0.1) is 13.2 Å². The predicted octanol–water partition coefficient (Wildman–Crippen LogP) is -0.229. The number of nitrogens with one attached hydrogen (secondary N) is 1. The fourth-order valence-electron chi connectivity index (χ4n) is 0.767. The van der Waals surface area contributed by atoms with Crippen LogP contribution in [0.1, 0.15) is 20.3 Å². The number of hydrogen-bond acceptors (Lipinski definition) is 5. The molecule has 0 aliphatic rings. The zero-order valence-corrected chi connectivity index (χ0v) is 9.72. The largest absolute Gasteiger partial charge is 0.468 e. The second-order valence-corrected chi connectivity index (χ2v) is 4.96. The zero-order chi connectivity index (χ0) is 12.1. The average molecular weight is 234 g/mol. The highest BCUT2D eigenvalue weighted by molar-refractivity contribution is 7.90. The molecule has 86 valence electrons. The first-order valence-corrected chi connectivity index (χ1v) is 5.93. The van der Waals surface area contributed by atoms with Gasteiger partial charge in [-0.2, -0.15) is 9.98 Å². The lowest BCUT2D eigenvalue weighted by Crippen LogP contribution is -2.46. The van der Waals surface area contributed by atoms with Gasteiger partial charge in [0.25, 0.3) is 0 Å².